The van der Waals surface area contributed by atoms with E-state index in [4.69, 9.17) is 4.74 Å². The van der Waals surface area contributed by atoms with Gasteiger partial charge < -0.3 is 14.9 Å². The molecule has 0 aliphatic rings. The van der Waals surface area contributed by atoms with Crippen LogP contribution in [0.4, 0.5) is 0 Å². The normalized spacial score (nSPS) is 14.6. The number of rotatable bonds is 5. The van der Waals surface area contributed by atoms with Crippen molar-refractivity contribution in [3.05, 3.63) is 29.3 Å². The number of hydrogen-bond donors (Lipinski definition) is 2. The topological polar surface area (TPSA) is 49.7 Å². The zero-order valence-corrected chi connectivity index (χ0v) is 10.1. The minimum Gasteiger partial charge on any atom is -0.497 e. The van der Waals surface area contributed by atoms with Crippen LogP contribution in [-0.2, 0) is 12.8 Å². The molecular formula is C13H20O3. The number of aliphatic hydroxyl groups excluding tert-OH is 2. The summed E-state index contributed by atoms with van der Waals surface area (Å²) in [5.41, 5.74) is 2.06. The van der Waals surface area contributed by atoms with Gasteiger partial charge in [-0.25, -0.2) is 0 Å². The summed E-state index contributed by atoms with van der Waals surface area (Å²) in [6, 6.07) is 5.83. The Morgan fingerprint density at radius 2 is 1.44 bits per heavy atom. The van der Waals surface area contributed by atoms with Gasteiger partial charge in [-0.05, 0) is 49.9 Å². The quantitative estimate of drug-likeness (QED) is 0.797. The third-order valence-corrected chi connectivity index (χ3v) is 2.32. The molecule has 2 unspecified atom stereocenters. The van der Waals surface area contributed by atoms with E-state index in [0.29, 0.717) is 12.8 Å². The smallest absolute Gasteiger partial charge is 0.119 e. The van der Waals surface area contributed by atoms with E-state index in [1.165, 1.54) is 0 Å². The molecule has 1 rings (SSSR count). The Hall–Kier alpha value is -1.06. The van der Waals surface area contributed by atoms with E-state index < -0.39 is 0 Å². The molecule has 1 aromatic rings. The van der Waals surface area contributed by atoms with E-state index in [9.17, 15) is 10.2 Å². The van der Waals surface area contributed by atoms with Crippen LogP contribution in [0.2, 0.25) is 0 Å². The first-order valence-electron chi connectivity index (χ1n) is 5.54. The number of hydrogen-bond acceptors (Lipinski definition) is 3. The molecule has 2 N–H and O–H groups in total. The molecule has 0 aliphatic carbocycles. The van der Waals surface area contributed by atoms with E-state index in [1.807, 2.05) is 18.2 Å². The average molecular weight is 224 g/mol. The lowest BCUT2D eigenvalue weighted by atomic mass is 10.0. The number of aliphatic hydroxyl groups is 2. The molecule has 0 fully saturated rings. The summed E-state index contributed by atoms with van der Waals surface area (Å²) in [5, 5.41) is 18.7. The van der Waals surface area contributed by atoms with Gasteiger partial charge >= 0.3 is 0 Å². The first kappa shape index (κ1) is 13.0. The Morgan fingerprint density at radius 1 is 1.00 bits per heavy atom. The molecule has 16 heavy (non-hydrogen) atoms. The summed E-state index contributed by atoms with van der Waals surface area (Å²) in [6.45, 7) is 3.52. The molecule has 0 aliphatic heterocycles. The van der Waals surface area contributed by atoms with Crippen molar-refractivity contribution in [1.82, 2.24) is 0 Å². The van der Waals surface area contributed by atoms with Crippen molar-refractivity contribution >= 4 is 0 Å². The summed E-state index contributed by atoms with van der Waals surface area (Å²) in [4.78, 5) is 0. The van der Waals surface area contributed by atoms with E-state index in [1.54, 1.807) is 21.0 Å². The van der Waals surface area contributed by atoms with Gasteiger partial charge in [0.05, 0.1) is 19.3 Å². The van der Waals surface area contributed by atoms with Gasteiger partial charge in [-0.2, -0.15) is 0 Å². The standard InChI is InChI=1S/C13H20O3/c1-9(14)4-11-6-12(5-10(2)15)8-13(7-11)16-3/h6-10,14-15H,4-5H2,1-3H3. The molecule has 0 aromatic heterocycles. The van der Waals surface area contributed by atoms with Gasteiger partial charge in [0.25, 0.3) is 0 Å². The Kier molecular flexibility index (Phi) is 4.77. The SMILES string of the molecule is COc1cc(CC(C)O)cc(CC(C)O)c1. The lowest BCUT2D eigenvalue weighted by Gasteiger charge is -2.11. The summed E-state index contributed by atoms with van der Waals surface area (Å²) in [7, 11) is 1.62. The van der Waals surface area contributed by atoms with Crippen LogP contribution in [0.1, 0.15) is 25.0 Å². The minimum absolute atomic E-state index is 0.369. The van der Waals surface area contributed by atoms with Crippen molar-refractivity contribution in [2.45, 2.75) is 38.9 Å². The van der Waals surface area contributed by atoms with Gasteiger partial charge in [-0.3, -0.25) is 0 Å². The van der Waals surface area contributed by atoms with Crippen LogP contribution in [0.5, 0.6) is 5.75 Å². The fourth-order valence-corrected chi connectivity index (χ4v) is 1.76. The number of ether oxygens (including phenoxy) is 1. The van der Waals surface area contributed by atoms with Crippen LogP contribution in [0.3, 0.4) is 0 Å². The van der Waals surface area contributed by atoms with Crippen molar-refractivity contribution in [2.75, 3.05) is 7.11 Å². The zero-order chi connectivity index (χ0) is 12.1. The first-order valence-corrected chi connectivity index (χ1v) is 5.54. The van der Waals surface area contributed by atoms with Crippen LogP contribution < -0.4 is 4.74 Å². The highest BCUT2D eigenvalue weighted by Gasteiger charge is 2.06. The lowest BCUT2D eigenvalue weighted by Crippen LogP contribution is -2.07. The van der Waals surface area contributed by atoms with Crippen LogP contribution >= 0.6 is 0 Å². The van der Waals surface area contributed by atoms with Gasteiger partial charge in [0.15, 0.2) is 0 Å². The van der Waals surface area contributed by atoms with E-state index in [0.717, 1.165) is 16.9 Å². The average Bonchev–Trinajstić information content (AvgIpc) is 2.14. The van der Waals surface area contributed by atoms with Gasteiger partial charge in [-0.1, -0.05) is 6.07 Å². The molecule has 0 radical (unpaired) electrons. The Bertz CT molecular complexity index is 304. The highest BCUT2D eigenvalue weighted by molar-refractivity contribution is 5.35. The molecule has 0 saturated carbocycles. The molecule has 0 bridgehead atoms. The van der Waals surface area contributed by atoms with E-state index >= 15 is 0 Å². The lowest BCUT2D eigenvalue weighted by molar-refractivity contribution is 0.194. The molecule has 0 heterocycles. The Labute approximate surface area is 96.7 Å². The second kappa shape index (κ2) is 5.87. The fraction of sp³-hybridized carbons (Fsp3) is 0.538. The van der Waals surface area contributed by atoms with Gasteiger partial charge in [-0.15, -0.1) is 0 Å². The second-order valence-electron chi connectivity index (χ2n) is 4.30. The van der Waals surface area contributed by atoms with Gasteiger partial charge in [0.2, 0.25) is 0 Å². The maximum atomic E-state index is 9.35. The second-order valence-corrected chi connectivity index (χ2v) is 4.30. The van der Waals surface area contributed by atoms with Crippen LogP contribution in [-0.4, -0.2) is 29.5 Å². The Morgan fingerprint density at radius 3 is 1.75 bits per heavy atom. The van der Waals surface area contributed by atoms with Crippen molar-refractivity contribution in [2.24, 2.45) is 0 Å². The summed E-state index contributed by atoms with van der Waals surface area (Å²) < 4.78 is 5.20. The first-order chi connectivity index (χ1) is 7.51. The monoisotopic (exact) mass is 224 g/mol. The summed E-state index contributed by atoms with van der Waals surface area (Å²) >= 11 is 0. The predicted octanol–water partition coefficient (Wildman–Crippen LogP) is 1.54. The zero-order valence-electron chi connectivity index (χ0n) is 10.1. The minimum atomic E-state index is -0.369. The van der Waals surface area contributed by atoms with Crippen LogP contribution in [0.25, 0.3) is 0 Å². The Balaban J connectivity index is 2.91. The van der Waals surface area contributed by atoms with Crippen molar-refractivity contribution in [3.8, 4) is 5.75 Å². The van der Waals surface area contributed by atoms with Crippen LogP contribution in [0, 0.1) is 0 Å². The van der Waals surface area contributed by atoms with Crippen molar-refractivity contribution in [1.29, 1.82) is 0 Å². The molecule has 2 atom stereocenters. The van der Waals surface area contributed by atoms with Crippen molar-refractivity contribution in [3.63, 3.8) is 0 Å². The summed E-state index contributed by atoms with van der Waals surface area (Å²) in [6.07, 6.45) is 0.464. The molecule has 1 aromatic carbocycles. The highest BCUT2D eigenvalue weighted by Crippen LogP contribution is 2.19. The third kappa shape index (κ3) is 4.21. The molecule has 0 amide bonds. The largest absolute Gasteiger partial charge is 0.497 e. The number of benzene rings is 1. The van der Waals surface area contributed by atoms with Gasteiger partial charge in [0, 0.05) is 0 Å². The van der Waals surface area contributed by atoms with Crippen molar-refractivity contribution < 1.29 is 14.9 Å². The molecule has 90 valence electrons. The predicted molar refractivity (Wildman–Crippen MR) is 63.8 cm³/mol. The highest BCUT2D eigenvalue weighted by atomic mass is 16.5. The third-order valence-electron chi connectivity index (χ3n) is 2.32. The van der Waals surface area contributed by atoms with Crippen LogP contribution in [0.15, 0.2) is 18.2 Å². The van der Waals surface area contributed by atoms with Gasteiger partial charge in [0.1, 0.15) is 5.75 Å². The molecular weight excluding hydrogens is 204 g/mol. The number of methoxy groups -OCH3 is 1. The summed E-state index contributed by atoms with van der Waals surface area (Å²) in [5.74, 6) is 0.772. The molecule has 0 spiro atoms. The maximum absolute atomic E-state index is 9.35. The maximum Gasteiger partial charge on any atom is 0.119 e. The van der Waals surface area contributed by atoms with E-state index in [2.05, 4.69) is 0 Å². The van der Waals surface area contributed by atoms with E-state index in [-0.39, 0.29) is 12.2 Å². The fourth-order valence-electron chi connectivity index (χ4n) is 1.76. The molecule has 3 nitrogen and oxygen atoms in total. The molecule has 3 heteroatoms. The molecule has 0 saturated heterocycles.